The molecule has 37 heavy (non-hydrogen) atoms. The number of anilines is 2. The van der Waals surface area contributed by atoms with E-state index < -0.39 is 10.0 Å². The predicted octanol–water partition coefficient (Wildman–Crippen LogP) is 7.41. The van der Waals surface area contributed by atoms with Crippen molar-refractivity contribution in [1.29, 1.82) is 0 Å². The molecule has 0 atom stereocenters. The number of thioether (sulfide) groups is 1. The van der Waals surface area contributed by atoms with Crippen LogP contribution < -0.4 is 9.62 Å². The van der Waals surface area contributed by atoms with Crippen LogP contribution in [0, 0.1) is 6.92 Å². The molecule has 4 aromatic carbocycles. The van der Waals surface area contributed by atoms with Crippen LogP contribution in [0.5, 0.6) is 0 Å². The van der Waals surface area contributed by atoms with E-state index in [1.165, 1.54) is 4.31 Å². The molecule has 0 heterocycles. The molecule has 0 aromatic heterocycles. The molecule has 0 aliphatic heterocycles. The van der Waals surface area contributed by atoms with Crippen LogP contribution in [0.2, 0.25) is 5.02 Å². The number of hydrogen-bond donors (Lipinski definition) is 1. The maximum atomic E-state index is 14.0. The lowest BCUT2D eigenvalue weighted by atomic mass is 10.1. The normalized spacial score (nSPS) is 11.2. The third kappa shape index (κ3) is 6.36. The summed E-state index contributed by atoms with van der Waals surface area (Å²) in [5, 5.41) is 3.53. The molecule has 5 nitrogen and oxygen atoms in total. The second-order valence-corrected chi connectivity index (χ2v) is 12.0. The summed E-state index contributed by atoms with van der Waals surface area (Å²) in [6, 6.07) is 28.0. The average molecular weight is 551 g/mol. The molecule has 0 aliphatic carbocycles. The van der Waals surface area contributed by atoms with Crippen molar-refractivity contribution in [2.45, 2.75) is 30.2 Å². The topological polar surface area (TPSA) is 66.5 Å². The number of carbonyl (C=O) groups excluding carboxylic acids is 1. The predicted molar refractivity (Wildman–Crippen MR) is 153 cm³/mol. The summed E-state index contributed by atoms with van der Waals surface area (Å²) < 4.78 is 29.2. The molecule has 0 saturated heterocycles. The van der Waals surface area contributed by atoms with Crippen LogP contribution >= 0.6 is 23.4 Å². The van der Waals surface area contributed by atoms with E-state index in [0.717, 1.165) is 21.8 Å². The van der Waals surface area contributed by atoms with Gasteiger partial charge in [-0.05, 0) is 66.8 Å². The Labute approximate surface area is 227 Å². The lowest BCUT2D eigenvalue weighted by Gasteiger charge is -2.27. The monoisotopic (exact) mass is 550 g/mol. The first-order valence-corrected chi connectivity index (χ1v) is 14.6. The molecule has 190 valence electrons. The first-order chi connectivity index (χ1) is 17.8. The number of rotatable bonds is 9. The second kappa shape index (κ2) is 11.9. The molecule has 4 aromatic rings. The molecule has 0 bridgehead atoms. The van der Waals surface area contributed by atoms with Crippen molar-refractivity contribution in [1.82, 2.24) is 0 Å². The highest BCUT2D eigenvalue weighted by atomic mass is 35.5. The van der Waals surface area contributed by atoms with Gasteiger partial charge in [-0.2, -0.15) is 0 Å². The van der Waals surface area contributed by atoms with Gasteiger partial charge in [0.05, 0.1) is 28.4 Å². The van der Waals surface area contributed by atoms with Crippen molar-refractivity contribution in [3.63, 3.8) is 0 Å². The van der Waals surface area contributed by atoms with E-state index in [-0.39, 0.29) is 28.6 Å². The molecule has 8 heteroatoms. The first-order valence-electron chi connectivity index (χ1n) is 11.8. The molecule has 1 N–H and O–H groups in total. The molecule has 0 radical (unpaired) electrons. The van der Waals surface area contributed by atoms with Crippen molar-refractivity contribution >= 4 is 50.7 Å². The van der Waals surface area contributed by atoms with E-state index in [1.807, 2.05) is 38.1 Å². The maximum Gasteiger partial charge on any atom is 0.264 e. The number of para-hydroxylation sites is 2. The maximum absolute atomic E-state index is 14.0. The SMILES string of the molecule is CCSc1ccccc1NC(=O)c1ccccc1N(Cc1ccc(Cl)cc1)S(=O)(=O)c1ccc(C)cc1. The van der Waals surface area contributed by atoms with Crippen LogP contribution in [0.3, 0.4) is 0 Å². The molecule has 0 unspecified atom stereocenters. The third-order valence-corrected chi connectivity index (χ3v) is 8.68. The Kier molecular flexibility index (Phi) is 8.59. The number of hydrogen-bond acceptors (Lipinski definition) is 4. The fourth-order valence-corrected chi connectivity index (χ4v) is 6.17. The van der Waals surface area contributed by atoms with Crippen LogP contribution in [0.4, 0.5) is 11.4 Å². The van der Waals surface area contributed by atoms with Crippen LogP contribution in [-0.2, 0) is 16.6 Å². The van der Waals surface area contributed by atoms with Crippen molar-refractivity contribution in [2.75, 3.05) is 15.4 Å². The summed E-state index contributed by atoms with van der Waals surface area (Å²) in [5.41, 5.74) is 2.91. The Morgan fingerprint density at radius 1 is 0.892 bits per heavy atom. The first kappa shape index (κ1) is 26.8. The van der Waals surface area contributed by atoms with Gasteiger partial charge in [0, 0.05) is 9.92 Å². The fraction of sp³-hybridized carbons (Fsp3) is 0.138. The van der Waals surface area contributed by atoms with E-state index >= 15 is 0 Å². The zero-order chi connectivity index (χ0) is 26.4. The van der Waals surface area contributed by atoms with Gasteiger partial charge in [0.25, 0.3) is 15.9 Å². The standard InChI is InChI=1S/C29H27ClN2O3S2/c1-3-36-28-11-7-5-9-26(28)31-29(33)25-8-4-6-10-27(25)32(20-22-14-16-23(30)17-15-22)37(34,35)24-18-12-21(2)13-19-24/h4-19H,3,20H2,1-2H3,(H,31,33). The van der Waals surface area contributed by atoms with Crippen LogP contribution in [0.1, 0.15) is 28.4 Å². The lowest BCUT2D eigenvalue weighted by molar-refractivity contribution is 0.102. The summed E-state index contributed by atoms with van der Waals surface area (Å²) in [7, 11) is -4.01. The number of sulfonamides is 1. The number of amides is 1. The highest BCUT2D eigenvalue weighted by Gasteiger charge is 2.29. The summed E-state index contributed by atoms with van der Waals surface area (Å²) >= 11 is 7.68. The summed E-state index contributed by atoms with van der Waals surface area (Å²) in [4.78, 5) is 14.6. The molecule has 0 saturated carbocycles. The van der Waals surface area contributed by atoms with Crippen LogP contribution in [-0.4, -0.2) is 20.1 Å². The van der Waals surface area contributed by atoms with Gasteiger partial charge in [0.1, 0.15) is 0 Å². The Hall–Kier alpha value is -3.26. The number of aryl methyl sites for hydroxylation is 1. The highest BCUT2D eigenvalue weighted by molar-refractivity contribution is 7.99. The van der Waals surface area contributed by atoms with Crippen LogP contribution in [0.15, 0.2) is 107 Å². The molecule has 1 amide bonds. The molecule has 0 fully saturated rings. The largest absolute Gasteiger partial charge is 0.321 e. The molecular formula is C29H27ClN2O3S2. The smallest absolute Gasteiger partial charge is 0.264 e. The van der Waals surface area contributed by atoms with E-state index in [4.69, 9.17) is 11.6 Å². The molecular weight excluding hydrogens is 524 g/mol. The van der Waals surface area contributed by atoms with Crippen molar-refractivity contribution in [3.05, 3.63) is 119 Å². The minimum absolute atomic E-state index is 0.0277. The molecule has 0 aliphatic rings. The van der Waals surface area contributed by atoms with Crippen molar-refractivity contribution < 1.29 is 13.2 Å². The van der Waals surface area contributed by atoms with E-state index in [9.17, 15) is 13.2 Å². The minimum atomic E-state index is -4.01. The van der Waals surface area contributed by atoms with Gasteiger partial charge in [-0.3, -0.25) is 9.10 Å². The van der Waals surface area contributed by atoms with E-state index in [0.29, 0.717) is 10.7 Å². The van der Waals surface area contributed by atoms with Crippen LogP contribution in [0.25, 0.3) is 0 Å². The quantitative estimate of drug-likeness (QED) is 0.220. The fourth-order valence-electron chi connectivity index (χ4n) is 3.82. The second-order valence-electron chi connectivity index (χ2n) is 8.35. The lowest BCUT2D eigenvalue weighted by Crippen LogP contribution is -2.32. The van der Waals surface area contributed by atoms with Gasteiger partial charge in [0.15, 0.2) is 0 Å². The Balaban J connectivity index is 1.78. The number of carbonyl (C=O) groups is 1. The van der Waals surface area contributed by atoms with E-state index in [2.05, 4.69) is 5.32 Å². The van der Waals surface area contributed by atoms with E-state index in [1.54, 1.807) is 84.6 Å². The zero-order valence-electron chi connectivity index (χ0n) is 20.5. The zero-order valence-corrected chi connectivity index (χ0v) is 22.9. The minimum Gasteiger partial charge on any atom is -0.321 e. The van der Waals surface area contributed by atoms with Gasteiger partial charge >= 0.3 is 0 Å². The molecule has 4 rings (SSSR count). The summed E-state index contributed by atoms with van der Waals surface area (Å²) in [6.07, 6.45) is 0. The van der Waals surface area contributed by atoms with Gasteiger partial charge in [0.2, 0.25) is 0 Å². The van der Waals surface area contributed by atoms with Gasteiger partial charge < -0.3 is 5.32 Å². The van der Waals surface area contributed by atoms with Crippen molar-refractivity contribution in [2.24, 2.45) is 0 Å². The Bertz CT molecular complexity index is 1490. The number of nitrogens with zero attached hydrogens (tertiary/aromatic N) is 1. The number of benzene rings is 4. The molecule has 0 spiro atoms. The third-order valence-electron chi connectivity index (χ3n) is 5.70. The van der Waals surface area contributed by atoms with Crippen molar-refractivity contribution in [3.8, 4) is 0 Å². The number of halogens is 1. The van der Waals surface area contributed by atoms with Gasteiger partial charge in [-0.15, -0.1) is 11.8 Å². The summed E-state index contributed by atoms with van der Waals surface area (Å²) in [5.74, 6) is 0.465. The Morgan fingerprint density at radius 3 is 2.24 bits per heavy atom. The van der Waals surface area contributed by atoms with Gasteiger partial charge in [-0.25, -0.2) is 8.42 Å². The average Bonchev–Trinajstić information content (AvgIpc) is 2.90. The van der Waals surface area contributed by atoms with Gasteiger partial charge in [-0.1, -0.05) is 72.6 Å². The number of nitrogens with one attached hydrogen (secondary N) is 1. The summed E-state index contributed by atoms with van der Waals surface area (Å²) in [6.45, 7) is 3.97. The Morgan fingerprint density at radius 2 is 1.54 bits per heavy atom. The highest BCUT2D eigenvalue weighted by Crippen LogP contribution is 2.32.